The van der Waals surface area contributed by atoms with Crippen LogP contribution in [-0.4, -0.2) is 17.2 Å². The number of rotatable bonds is 2. The molecule has 4 heteroatoms. The smallest absolute Gasteiger partial charge is 0.309 e. The van der Waals surface area contributed by atoms with Gasteiger partial charge >= 0.3 is 5.97 Å². The van der Waals surface area contributed by atoms with E-state index in [2.05, 4.69) is 4.84 Å². The minimum Gasteiger partial charge on any atom is -0.481 e. The fraction of sp³-hybridized carbons (Fsp3) is 0.857. The molecule has 0 aromatic rings. The molecule has 0 aromatic carbocycles. The molecule has 1 rings (SSSR count). The molecule has 1 fully saturated rings. The highest BCUT2D eigenvalue weighted by Crippen LogP contribution is 2.25. The maximum Gasteiger partial charge on any atom is 0.309 e. The predicted molar refractivity (Wildman–Crippen MR) is 38.7 cm³/mol. The van der Waals surface area contributed by atoms with Crippen LogP contribution in [0.1, 0.15) is 25.7 Å². The van der Waals surface area contributed by atoms with Crippen molar-refractivity contribution in [3.8, 4) is 0 Å². The Hall–Kier alpha value is -0.610. The summed E-state index contributed by atoms with van der Waals surface area (Å²) in [6, 6.07) is 0. The minimum absolute atomic E-state index is 0.277. The Labute approximate surface area is 65.3 Å². The second kappa shape index (κ2) is 3.69. The molecule has 0 heterocycles. The van der Waals surface area contributed by atoms with E-state index in [-0.39, 0.29) is 6.10 Å². The van der Waals surface area contributed by atoms with Gasteiger partial charge in [-0.15, -0.1) is 0 Å². The van der Waals surface area contributed by atoms with Crippen LogP contribution in [-0.2, 0) is 9.63 Å². The second-order valence-electron chi connectivity index (χ2n) is 2.90. The van der Waals surface area contributed by atoms with Crippen molar-refractivity contribution in [2.24, 2.45) is 11.8 Å². The fourth-order valence-electron chi connectivity index (χ4n) is 1.54. The van der Waals surface area contributed by atoms with Crippen molar-refractivity contribution in [2.45, 2.75) is 31.8 Å². The lowest BCUT2D eigenvalue weighted by Crippen LogP contribution is -2.35. The first-order valence-electron chi connectivity index (χ1n) is 3.84. The third-order valence-corrected chi connectivity index (χ3v) is 2.19. The Morgan fingerprint density at radius 1 is 1.45 bits per heavy atom. The molecule has 0 amide bonds. The van der Waals surface area contributed by atoms with Gasteiger partial charge in [-0.25, -0.2) is 5.90 Å². The summed E-state index contributed by atoms with van der Waals surface area (Å²) in [5, 5.41) is 8.70. The van der Waals surface area contributed by atoms with E-state index in [1.807, 2.05) is 0 Å². The van der Waals surface area contributed by atoms with Crippen LogP contribution >= 0.6 is 0 Å². The topological polar surface area (TPSA) is 72.5 Å². The summed E-state index contributed by atoms with van der Waals surface area (Å²) in [6.45, 7) is 0. The molecule has 1 saturated carbocycles. The summed E-state index contributed by atoms with van der Waals surface area (Å²) in [7, 11) is 0. The van der Waals surface area contributed by atoms with E-state index in [0.29, 0.717) is 6.42 Å². The summed E-state index contributed by atoms with van der Waals surface area (Å²) < 4.78 is 0. The number of carboxylic acid groups (broad SMARTS) is 1. The molecule has 1 aliphatic rings. The minimum atomic E-state index is -0.792. The summed E-state index contributed by atoms with van der Waals surface area (Å²) in [4.78, 5) is 15.2. The summed E-state index contributed by atoms with van der Waals surface area (Å²) in [6.07, 6.45) is 3.17. The van der Waals surface area contributed by atoms with Crippen LogP contribution in [0.4, 0.5) is 0 Å². The van der Waals surface area contributed by atoms with Gasteiger partial charge in [0.1, 0.15) is 0 Å². The molecule has 3 N–H and O–H groups in total. The SMILES string of the molecule is NOC1CCCCC1C(=O)O. The first-order chi connectivity index (χ1) is 5.25. The molecule has 0 spiro atoms. The molecule has 0 saturated heterocycles. The number of hydrogen-bond acceptors (Lipinski definition) is 3. The van der Waals surface area contributed by atoms with Crippen LogP contribution in [0.2, 0.25) is 0 Å². The van der Waals surface area contributed by atoms with E-state index in [1.54, 1.807) is 0 Å². The summed E-state index contributed by atoms with van der Waals surface area (Å²) in [5.74, 6) is 3.78. The Kier molecular flexibility index (Phi) is 2.84. The van der Waals surface area contributed by atoms with Gasteiger partial charge in [0.2, 0.25) is 0 Å². The Bertz CT molecular complexity index is 149. The molecule has 2 unspecified atom stereocenters. The van der Waals surface area contributed by atoms with Gasteiger partial charge in [-0.3, -0.25) is 4.79 Å². The zero-order valence-electron chi connectivity index (χ0n) is 6.32. The number of nitrogens with two attached hydrogens (primary N) is 1. The number of hydrogen-bond donors (Lipinski definition) is 2. The highest BCUT2D eigenvalue weighted by Gasteiger charge is 2.30. The maximum atomic E-state index is 10.6. The van der Waals surface area contributed by atoms with E-state index in [0.717, 1.165) is 19.3 Å². The second-order valence-corrected chi connectivity index (χ2v) is 2.90. The van der Waals surface area contributed by atoms with Crippen molar-refractivity contribution in [2.75, 3.05) is 0 Å². The normalized spacial score (nSPS) is 31.7. The Morgan fingerprint density at radius 2 is 2.09 bits per heavy atom. The van der Waals surface area contributed by atoms with Crippen molar-refractivity contribution >= 4 is 5.97 Å². The van der Waals surface area contributed by atoms with E-state index < -0.39 is 11.9 Å². The van der Waals surface area contributed by atoms with E-state index in [4.69, 9.17) is 11.0 Å². The zero-order valence-corrected chi connectivity index (χ0v) is 6.32. The van der Waals surface area contributed by atoms with Gasteiger partial charge in [-0.05, 0) is 12.8 Å². The summed E-state index contributed by atoms with van der Waals surface area (Å²) >= 11 is 0. The van der Waals surface area contributed by atoms with Crippen molar-refractivity contribution in [1.29, 1.82) is 0 Å². The quantitative estimate of drug-likeness (QED) is 0.576. The van der Waals surface area contributed by atoms with E-state index >= 15 is 0 Å². The average Bonchev–Trinajstić information content (AvgIpc) is 2.04. The molecule has 0 bridgehead atoms. The number of aliphatic carboxylic acids is 1. The molecule has 11 heavy (non-hydrogen) atoms. The molecule has 1 aliphatic carbocycles. The van der Waals surface area contributed by atoms with Gasteiger partial charge in [-0.2, -0.15) is 0 Å². The standard InChI is InChI=1S/C7H13NO3/c8-11-6-4-2-1-3-5(6)7(9)10/h5-6H,1-4,8H2,(H,9,10). The highest BCUT2D eigenvalue weighted by atomic mass is 16.6. The number of carbonyl (C=O) groups is 1. The third kappa shape index (κ3) is 1.91. The highest BCUT2D eigenvalue weighted by molar-refractivity contribution is 5.70. The van der Waals surface area contributed by atoms with Gasteiger partial charge in [0.15, 0.2) is 0 Å². The fourth-order valence-corrected chi connectivity index (χ4v) is 1.54. The van der Waals surface area contributed by atoms with E-state index in [1.165, 1.54) is 0 Å². The molecule has 2 atom stereocenters. The van der Waals surface area contributed by atoms with Gasteiger partial charge in [-0.1, -0.05) is 12.8 Å². The van der Waals surface area contributed by atoms with Crippen LogP contribution in [0, 0.1) is 5.92 Å². The summed E-state index contributed by atoms with van der Waals surface area (Å²) in [5.41, 5.74) is 0. The van der Waals surface area contributed by atoms with Crippen molar-refractivity contribution in [3.63, 3.8) is 0 Å². The van der Waals surface area contributed by atoms with Crippen molar-refractivity contribution in [1.82, 2.24) is 0 Å². The average molecular weight is 159 g/mol. The van der Waals surface area contributed by atoms with E-state index in [9.17, 15) is 4.79 Å². The van der Waals surface area contributed by atoms with Gasteiger partial charge < -0.3 is 9.94 Å². The lowest BCUT2D eigenvalue weighted by molar-refractivity contribution is -0.150. The molecular formula is C7H13NO3. The lowest BCUT2D eigenvalue weighted by Gasteiger charge is -2.25. The first-order valence-corrected chi connectivity index (χ1v) is 3.84. The maximum absolute atomic E-state index is 10.6. The molecular weight excluding hydrogens is 146 g/mol. The van der Waals surface area contributed by atoms with Crippen molar-refractivity contribution < 1.29 is 14.7 Å². The Balaban J connectivity index is 2.51. The zero-order chi connectivity index (χ0) is 8.27. The molecule has 4 nitrogen and oxygen atoms in total. The van der Waals surface area contributed by atoms with Crippen molar-refractivity contribution in [3.05, 3.63) is 0 Å². The monoisotopic (exact) mass is 159 g/mol. The molecule has 0 aromatic heterocycles. The molecule has 0 radical (unpaired) electrons. The lowest BCUT2D eigenvalue weighted by atomic mass is 9.87. The van der Waals surface area contributed by atoms with Gasteiger partial charge in [0.05, 0.1) is 12.0 Å². The predicted octanol–water partition coefficient (Wildman–Crippen LogP) is 0.520. The first kappa shape index (κ1) is 8.49. The van der Waals surface area contributed by atoms with Gasteiger partial charge in [0, 0.05) is 0 Å². The largest absolute Gasteiger partial charge is 0.481 e. The van der Waals surface area contributed by atoms with Crippen LogP contribution in [0.5, 0.6) is 0 Å². The van der Waals surface area contributed by atoms with Crippen LogP contribution in [0.15, 0.2) is 0 Å². The van der Waals surface area contributed by atoms with Crippen LogP contribution in [0.25, 0.3) is 0 Å². The molecule has 64 valence electrons. The molecule has 0 aliphatic heterocycles. The van der Waals surface area contributed by atoms with Gasteiger partial charge in [0.25, 0.3) is 0 Å². The third-order valence-electron chi connectivity index (χ3n) is 2.19. The Morgan fingerprint density at radius 3 is 2.55 bits per heavy atom. The van der Waals surface area contributed by atoms with Crippen LogP contribution < -0.4 is 5.90 Å². The number of carboxylic acids is 1. The van der Waals surface area contributed by atoms with Crippen LogP contribution in [0.3, 0.4) is 0 Å².